The van der Waals surface area contributed by atoms with Crippen molar-refractivity contribution in [2.24, 2.45) is 0 Å². The van der Waals surface area contributed by atoms with Gasteiger partial charge in [-0.2, -0.15) is 0 Å². The van der Waals surface area contributed by atoms with Crippen molar-refractivity contribution in [1.82, 2.24) is 5.32 Å². The number of aliphatic carboxylic acids is 1. The number of rotatable bonds is 5. The zero-order valence-corrected chi connectivity index (χ0v) is 8.72. The average molecular weight is 232 g/mol. The van der Waals surface area contributed by atoms with E-state index in [1.54, 1.807) is 6.07 Å². The number of carboxylic acids is 1. The Kier molecular flexibility index (Phi) is 4.52. The standard InChI is InChI=1S/C10H11ClFNO2/c11-8-5-7(1-2-9(8)12)6-13-4-3-10(14)15/h1-2,5,13H,3-4,6H2,(H,14,15). The maximum atomic E-state index is 12.8. The predicted octanol–water partition coefficient (Wildman–Crippen LogP) is 2.04. The summed E-state index contributed by atoms with van der Waals surface area (Å²) >= 11 is 5.58. The van der Waals surface area contributed by atoms with Crippen LogP contribution in [-0.2, 0) is 11.3 Å². The molecule has 0 heterocycles. The van der Waals surface area contributed by atoms with E-state index >= 15 is 0 Å². The number of hydrogen-bond acceptors (Lipinski definition) is 2. The van der Waals surface area contributed by atoms with Gasteiger partial charge in [-0.1, -0.05) is 17.7 Å². The van der Waals surface area contributed by atoms with E-state index in [0.29, 0.717) is 13.1 Å². The molecule has 1 aromatic rings. The summed E-state index contributed by atoms with van der Waals surface area (Å²) in [5.74, 6) is -1.30. The van der Waals surface area contributed by atoms with Gasteiger partial charge in [0.05, 0.1) is 11.4 Å². The van der Waals surface area contributed by atoms with Gasteiger partial charge in [0.15, 0.2) is 0 Å². The molecule has 0 amide bonds. The Bertz CT molecular complexity index is 357. The minimum atomic E-state index is -0.848. The van der Waals surface area contributed by atoms with Crippen molar-refractivity contribution in [3.05, 3.63) is 34.6 Å². The summed E-state index contributed by atoms with van der Waals surface area (Å²) < 4.78 is 12.8. The van der Waals surface area contributed by atoms with Crippen LogP contribution in [0.5, 0.6) is 0 Å². The van der Waals surface area contributed by atoms with E-state index in [1.807, 2.05) is 0 Å². The Labute approximate surface area is 91.9 Å². The van der Waals surface area contributed by atoms with Crippen LogP contribution in [0.1, 0.15) is 12.0 Å². The van der Waals surface area contributed by atoms with Gasteiger partial charge in [-0.15, -0.1) is 0 Å². The second kappa shape index (κ2) is 5.68. The fourth-order valence-electron chi connectivity index (χ4n) is 1.08. The van der Waals surface area contributed by atoms with E-state index < -0.39 is 11.8 Å². The molecule has 0 atom stereocenters. The molecule has 5 heteroatoms. The summed E-state index contributed by atoms with van der Waals surface area (Å²) in [5.41, 5.74) is 0.826. The van der Waals surface area contributed by atoms with E-state index in [-0.39, 0.29) is 11.4 Å². The highest BCUT2D eigenvalue weighted by Gasteiger charge is 2.01. The molecule has 0 aromatic heterocycles. The third-order valence-corrected chi connectivity index (χ3v) is 2.12. The van der Waals surface area contributed by atoms with Crippen molar-refractivity contribution in [1.29, 1.82) is 0 Å². The zero-order chi connectivity index (χ0) is 11.3. The van der Waals surface area contributed by atoms with Crippen LogP contribution in [0.3, 0.4) is 0 Å². The molecule has 1 aromatic carbocycles. The van der Waals surface area contributed by atoms with Crippen molar-refractivity contribution in [3.63, 3.8) is 0 Å². The van der Waals surface area contributed by atoms with Gasteiger partial charge in [0.2, 0.25) is 0 Å². The summed E-state index contributed by atoms with van der Waals surface area (Å²) in [5, 5.41) is 11.4. The molecule has 0 saturated carbocycles. The Hall–Kier alpha value is -1.13. The molecular formula is C10H11ClFNO2. The maximum Gasteiger partial charge on any atom is 0.304 e. The largest absolute Gasteiger partial charge is 0.481 e. The lowest BCUT2D eigenvalue weighted by Crippen LogP contribution is -2.17. The molecule has 0 bridgehead atoms. The van der Waals surface area contributed by atoms with Crippen LogP contribution in [0.4, 0.5) is 4.39 Å². The van der Waals surface area contributed by atoms with Crippen molar-refractivity contribution in [2.75, 3.05) is 6.54 Å². The predicted molar refractivity (Wildman–Crippen MR) is 55.4 cm³/mol. The summed E-state index contributed by atoms with van der Waals surface area (Å²) in [7, 11) is 0. The number of benzene rings is 1. The highest BCUT2D eigenvalue weighted by molar-refractivity contribution is 6.30. The van der Waals surface area contributed by atoms with Crippen LogP contribution < -0.4 is 5.32 Å². The molecule has 1 rings (SSSR count). The lowest BCUT2D eigenvalue weighted by Gasteiger charge is -2.04. The number of halogens is 2. The Morgan fingerprint density at radius 1 is 1.53 bits per heavy atom. The summed E-state index contributed by atoms with van der Waals surface area (Å²) in [6, 6.07) is 4.41. The first kappa shape index (κ1) is 11.9. The van der Waals surface area contributed by atoms with Crippen molar-refractivity contribution in [3.8, 4) is 0 Å². The van der Waals surface area contributed by atoms with Crippen molar-refractivity contribution < 1.29 is 14.3 Å². The molecule has 0 aliphatic rings. The monoisotopic (exact) mass is 231 g/mol. The molecule has 82 valence electrons. The van der Waals surface area contributed by atoms with Gasteiger partial charge in [0, 0.05) is 13.1 Å². The number of nitrogens with one attached hydrogen (secondary N) is 1. The summed E-state index contributed by atoms with van der Waals surface area (Å²) in [6.07, 6.45) is 0.0644. The van der Waals surface area contributed by atoms with Gasteiger partial charge in [-0.25, -0.2) is 4.39 Å². The first-order chi connectivity index (χ1) is 7.09. The van der Waals surface area contributed by atoms with E-state index in [0.717, 1.165) is 5.56 Å². The molecule has 0 spiro atoms. The highest BCUT2D eigenvalue weighted by atomic mass is 35.5. The minimum Gasteiger partial charge on any atom is -0.481 e. The molecule has 0 saturated heterocycles. The number of hydrogen-bond donors (Lipinski definition) is 2. The fourth-order valence-corrected chi connectivity index (χ4v) is 1.28. The lowest BCUT2D eigenvalue weighted by atomic mass is 10.2. The van der Waals surface area contributed by atoms with Gasteiger partial charge < -0.3 is 10.4 Å². The zero-order valence-electron chi connectivity index (χ0n) is 7.96. The SMILES string of the molecule is O=C(O)CCNCc1ccc(F)c(Cl)c1. The van der Waals surface area contributed by atoms with Gasteiger partial charge >= 0.3 is 5.97 Å². The van der Waals surface area contributed by atoms with Crippen LogP contribution in [0.15, 0.2) is 18.2 Å². The molecule has 0 radical (unpaired) electrons. The molecule has 2 N–H and O–H groups in total. The second-order valence-electron chi connectivity index (χ2n) is 3.07. The van der Waals surface area contributed by atoms with Crippen LogP contribution in [0, 0.1) is 5.82 Å². The summed E-state index contributed by atoms with van der Waals surface area (Å²) in [6.45, 7) is 0.859. The third kappa shape index (κ3) is 4.27. The molecule has 0 fully saturated rings. The highest BCUT2D eigenvalue weighted by Crippen LogP contribution is 2.15. The maximum absolute atomic E-state index is 12.8. The van der Waals surface area contributed by atoms with Crippen molar-refractivity contribution in [2.45, 2.75) is 13.0 Å². The van der Waals surface area contributed by atoms with Crippen LogP contribution in [0.2, 0.25) is 5.02 Å². The topological polar surface area (TPSA) is 49.3 Å². The van der Waals surface area contributed by atoms with Crippen LogP contribution in [0.25, 0.3) is 0 Å². The Morgan fingerprint density at radius 3 is 2.87 bits per heavy atom. The quantitative estimate of drug-likeness (QED) is 0.763. The first-order valence-corrected chi connectivity index (χ1v) is 4.84. The molecule has 0 unspecified atom stereocenters. The summed E-state index contributed by atoms with van der Waals surface area (Å²) in [4.78, 5) is 10.2. The van der Waals surface area contributed by atoms with E-state index in [2.05, 4.69) is 5.32 Å². The second-order valence-corrected chi connectivity index (χ2v) is 3.48. The fraction of sp³-hybridized carbons (Fsp3) is 0.300. The normalized spacial score (nSPS) is 10.3. The molecule has 15 heavy (non-hydrogen) atoms. The smallest absolute Gasteiger partial charge is 0.304 e. The average Bonchev–Trinajstić information content (AvgIpc) is 2.18. The van der Waals surface area contributed by atoms with Crippen molar-refractivity contribution >= 4 is 17.6 Å². The number of carboxylic acid groups (broad SMARTS) is 1. The van der Waals surface area contributed by atoms with Crippen LogP contribution >= 0.6 is 11.6 Å². The van der Waals surface area contributed by atoms with Gasteiger partial charge in [0.25, 0.3) is 0 Å². The molecule has 3 nitrogen and oxygen atoms in total. The molecule has 0 aliphatic heterocycles. The third-order valence-electron chi connectivity index (χ3n) is 1.83. The number of carbonyl (C=O) groups is 1. The van der Waals surface area contributed by atoms with Gasteiger partial charge in [0.1, 0.15) is 5.82 Å². The van der Waals surface area contributed by atoms with Gasteiger partial charge in [-0.3, -0.25) is 4.79 Å². The lowest BCUT2D eigenvalue weighted by molar-refractivity contribution is -0.136. The van der Waals surface area contributed by atoms with E-state index in [4.69, 9.17) is 16.7 Å². The van der Waals surface area contributed by atoms with E-state index in [1.165, 1.54) is 12.1 Å². The van der Waals surface area contributed by atoms with Gasteiger partial charge in [-0.05, 0) is 17.7 Å². The molecule has 0 aliphatic carbocycles. The molecular weight excluding hydrogens is 221 g/mol. The first-order valence-electron chi connectivity index (χ1n) is 4.46. The Balaban J connectivity index is 2.38. The van der Waals surface area contributed by atoms with Crippen LogP contribution in [-0.4, -0.2) is 17.6 Å². The minimum absolute atomic E-state index is 0.0644. The van der Waals surface area contributed by atoms with E-state index in [9.17, 15) is 9.18 Å². The Morgan fingerprint density at radius 2 is 2.27 bits per heavy atom.